The summed E-state index contributed by atoms with van der Waals surface area (Å²) in [4.78, 5) is 4.06. The average molecular weight is 283 g/mol. The van der Waals surface area contributed by atoms with Crippen LogP contribution < -0.4 is 11.1 Å². The van der Waals surface area contributed by atoms with Gasteiger partial charge in [0.15, 0.2) is 0 Å². The Hall–Kier alpha value is -1.87. The van der Waals surface area contributed by atoms with Gasteiger partial charge in [0.25, 0.3) is 0 Å². The van der Waals surface area contributed by atoms with Gasteiger partial charge in [0, 0.05) is 12.2 Å². The Morgan fingerprint density at radius 1 is 1.05 bits per heavy atom. The molecule has 0 aliphatic rings. The van der Waals surface area contributed by atoms with E-state index in [4.69, 9.17) is 5.73 Å². The predicted octanol–water partition coefficient (Wildman–Crippen LogP) is 3.04. The van der Waals surface area contributed by atoms with Crippen LogP contribution in [-0.2, 0) is 12.8 Å². The molecule has 2 rings (SSSR count). The fraction of sp³-hybridized carbons (Fsp3) is 0.389. The number of nitrogens with zero attached hydrogens (tertiary/aromatic N) is 1. The van der Waals surface area contributed by atoms with Crippen molar-refractivity contribution >= 4 is 5.82 Å². The summed E-state index contributed by atoms with van der Waals surface area (Å²) in [6, 6.07) is 11.2. The van der Waals surface area contributed by atoms with Crippen molar-refractivity contribution in [1.29, 1.82) is 0 Å². The molecule has 0 aliphatic carbocycles. The van der Waals surface area contributed by atoms with Crippen LogP contribution in [0.1, 0.15) is 29.2 Å². The van der Waals surface area contributed by atoms with Crippen LogP contribution in [0.5, 0.6) is 0 Å². The van der Waals surface area contributed by atoms with Gasteiger partial charge in [-0.2, -0.15) is 0 Å². The molecule has 1 atom stereocenters. The molecule has 1 aromatic carbocycles. The maximum Gasteiger partial charge on any atom is 0.123 e. The van der Waals surface area contributed by atoms with E-state index in [-0.39, 0.29) is 0 Å². The number of likely N-dealkylation sites (N-methyl/N-ethyl adjacent to an activating group) is 1. The number of benzene rings is 1. The van der Waals surface area contributed by atoms with Crippen LogP contribution in [0.4, 0.5) is 5.82 Å². The minimum Gasteiger partial charge on any atom is -0.384 e. The molecule has 1 heterocycles. The summed E-state index contributed by atoms with van der Waals surface area (Å²) >= 11 is 0. The summed E-state index contributed by atoms with van der Waals surface area (Å²) in [5, 5.41) is 3.58. The third-order valence-electron chi connectivity index (χ3n) is 3.58. The second-order valence-electron chi connectivity index (χ2n) is 5.75. The quantitative estimate of drug-likeness (QED) is 0.856. The van der Waals surface area contributed by atoms with E-state index in [2.05, 4.69) is 49.3 Å². The molecular formula is C18H25N3. The number of hydrogen-bond donors (Lipinski definition) is 2. The summed E-state index contributed by atoms with van der Waals surface area (Å²) in [6.45, 7) is 7.43. The van der Waals surface area contributed by atoms with E-state index in [0.29, 0.717) is 11.9 Å². The molecule has 2 aromatic rings. The Bertz CT molecular complexity index is 573. The van der Waals surface area contributed by atoms with Gasteiger partial charge in [-0.05, 0) is 56.5 Å². The van der Waals surface area contributed by atoms with Gasteiger partial charge in [0.1, 0.15) is 5.82 Å². The minimum atomic E-state index is 0.415. The van der Waals surface area contributed by atoms with Gasteiger partial charge in [0.2, 0.25) is 0 Å². The van der Waals surface area contributed by atoms with Gasteiger partial charge in [-0.25, -0.2) is 4.98 Å². The van der Waals surface area contributed by atoms with Crippen molar-refractivity contribution in [3.63, 3.8) is 0 Å². The standard InChI is InChI=1S/C18H25N3/c1-4-20-17(10-15-5-6-21-18(19)12-15)11-16-8-13(2)7-14(3)9-16/h5-9,12,17,20H,4,10-11H2,1-3H3,(H2,19,21). The summed E-state index contributed by atoms with van der Waals surface area (Å²) in [5.74, 6) is 0.592. The van der Waals surface area contributed by atoms with Gasteiger partial charge in [-0.15, -0.1) is 0 Å². The minimum absolute atomic E-state index is 0.415. The summed E-state index contributed by atoms with van der Waals surface area (Å²) < 4.78 is 0. The lowest BCUT2D eigenvalue weighted by molar-refractivity contribution is 0.521. The number of nitrogens with one attached hydrogen (secondary N) is 1. The van der Waals surface area contributed by atoms with Crippen molar-refractivity contribution < 1.29 is 0 Å². The molecule has 1 aromatic heterocycles. The molecular weight excluding hydrogens is 258 g/mol. The van der Waals surface area contributed by atoms with E-state index in [1.807, 2.05) is 12.1 Å². The third-order valence-corrected chi connectivity index (χ3v) is 3.58. The molecule has 112 valence electrons. The van der Waals surface area contributed by atoms with Gasteiger partial charge < -0.3 is 11.1 Å². The fourth-order valence-corrected chi connectivity index (χ4v) is 2.88. The Morgan fingerprint density at radius 3 is 2.33 bits per heavy atom. The smallest absolute Gasteiger partial charge is 0.123 e. The van der Waals surface area contributed by atoms with Crippen LogP contribution in [0.25, 0.3) is 0 Å². The second-order valence-corrected chi connectivity index (χ2v) is 5.75. The van der Waals surface area contributed by atoms with Crippen molar-refractivity contribution in [2.45, 2.75) is 39.7 Å². The number of anilines is 1. The first-order chi connectivity index (χ1) is 10.1. The second kappa shape index (κ2) is 7.23. The first kappa shape index (κ1) is 15.5. The Morgan fingerprint density at radius 2 is 1.71 bits per heavy atom. The molecule has 0 spiro atoms. The van der Waals surface area contributed by atoms with Crippen molar-refractivity contribution in [3.05, 3.63) is 58.8 Å². The lowest BCUT2D eigenvalue weighted by atomic mass is 9.97. The highest BCUT2D eigenvalue weighted by molar-refractivity contribution is 5.33. The number of hydrogen-bond acceptors (Lipinski definition) is 3. The Labute approximate surface area is 127 Å². The first-order valence-electron chi connectivity index (χ1n) is 7.57. The van der Waals surface area contributed by atoms with Crippen LogP contribution in [0, 0.1) is 13.8 Å². The SMILES string of the molecule is CCNC(Cc1cc(C)cc(C)c1)Cc1ccnc(N)c1. The molecule has 3 N–H and O–H groups in total. The normalized spacial score (nSPS) is 12.3. The molecule has 0 saturated heterocycles. The number of nitrogen functional groups attached to an aromatic ring is 1. The van der Waals surface area contributed by atoms with E-state index in [9.17, 15) is 0 Å². The zero-order chi connectivity index (χ0) is 15.2. The van der Waals surface area contributed by atoms with Gasteiger partial charge in [0.05, 0.1) is 0 Å². The molecule has 0 aliphatic heterocycles. The lowest BCUT2D eigenvalue weighted by Crippen LogP contribution is -2.33. The van der Waals surface area contributed by atoms with Crippen LogP contribution in [-0.4, -0.2) is 17.6 Å². The van der Waals surface area contributed by atoms with E-state index < -0.39 is 0 Å². The van der Waals surface area contributed by atoms with Crippen molar-refractivity contribution in [3.8, 4) is 0 Å². The fourth-order valence-electron chi connectivity index (χ4n) is 2.88. The summed E-state index contributed by atoms with van der Waals surface area (Å²) in [7, 11) is 0. The van der Waals surface area contributed by atoms with Crippen LogP contribution in [0.2, 0.25) is 0 Å². The van der Waals surface area contributed by atoms with Crippen LogP contribution in [0.3, 0.4) is 0 Å². The molecule has 0 amide bonds. The molecule has 3 heteroatoms. The zero-order valence-electron chi connectivity index (χ0n) is 13.2. The van der Waals surface area contributed by atoms with E-state index in [1.165, 1.54) is 22.3 Å². The number of aromatic nitrogens is 1. The lowest BCUT2D eigenvalue weighted by Gasteiger charge is -2.19. The van der Waals surface area contributed by atoms with E-state index >= 15 is 0 Å². The summed E-state index contributed by atoms with van der Waals surface area (Å²) in [5.41, 5.74) is 11.0. The maximum atomic E-state index is 5.77. The highest BCUT2D eigenvalue weighted by Gasteiger charge is 2.10. The summed E-state index contributed by atoms with van der Waals surface area (Å²) in [6.07, 6.45) is 3.77. The monoisotopic (exact) mass is 283 g/mol. The Balaban J connectivity index is 2.11. The van der Waals surface area contributed by atoms with E-state index in [1.54, 1.807) is 6.20 Å². The molecule has 0 bridgehead atoms. The van der Waals surface area contributed by atoms with Crippen molar-refractivity contribution in [2.75, 3.05) is 12.3 Å². The number of nitrogens with two attached hydrogens (primary N) is 1. The zero-order valence-corrected chi connectivity index (χ0v) is 13.2. The number of rotatable bonds is 6. The van der Waals surface area contributed by atoms with Crippen LogP contribution >= 0.6 is 0 Å². The first-order valence-corrected chi connectivity index (χ1v) is 7.57. The molecule has 3 nitrogen and oxygen atoms in total. The average Bonchev–Trinajstić information content (AvgIpc) is 2.37. The number of pyridine rings is 1. The topological polar surface area (TPSA) is 50.9 Å². The third kappa shape index (κ3) is 4.87. The van der Waals surface area contributed by atoms with Crippen molar-refractivity contribution in [1.82, 2.24) is 10.3 Å². The van der Waals surface area contributed by atoms with Gasteiger partial charge in [-0.1, -0.05) is 36.2 Å². The molecule has 21 heavy (non-hydrogen) atoms. The molecule has 0 fully saturated rings. The van der Waals surface area contributed by atoms with Crippen LogP contribution in [0.15, 0.2) is 36.5 Å². The predicted molar refractivity (Wildman–Crippen MR) is 89.4 cm³/mol. The largest absolute Gasteiger partial charge is 0.384 e. The van der Waals surface area contributed by atoms with E-state index in [0.717, 1.165) is 19.4 Å². The van der Waals surface area contributed by atoms with Gasteiger partial charge >= 0.3 is 0 Å². The van der Waals surface area contributed by atoms with Crippen molar-refractivity contribution in [2.24, 2.45) is 0 Å². The van der Waals surface area contributed by atoms with Gasteiger partial charge in [-0.3, -0.25) is 0 Å². The molecule has 0 radical (unpaired) electrons. The number of aryl methyl sites for hydroxylation is 2. The maximum absolute atomic E-state index is 5.77. The highest BCUT2D eigenvalue weighted by atomic mass is 14.9. The Kier molecular flexibility index (Phi) is 5.34. The molecule has 1 unspecified atom stereocenters. The highest BCUT2D eigenvalue weighted by Crippen LogP contribution is 2.14. The molecule has 0 saturated carbocycles.